The first-order valence-electron chi connectivity index (χ1n) is 6.69. The molecule has 2 rings (SSSR count). The summed E-state index contributed by atoms with van der Waals surface area (Å²) in [4.78, 5) is 12.1. The molecule has 4 nitrogen and oxygen atoms in total. The van der Waals surface area contributed by atoms with Crippen molar-refractivity contribution in [1.82, 2.24) is 0 Å². The molecule has 23 heavy (non-hydrogen) atoms. The molecule has 0 spiro atoms. The number of hydrogen-bond acceptors (Lipinski definition) is 3. The molecule has 0 heterocycles. The minimum absolute atomic E-state index is 0.0275. The van der Waals surface area contributed by atoms with Gasteiger partial charge < -0.3 is 10.6 Å². The van der Waals surface area contributed by atoms with Crippen LogP contribution in [0.4, 0.5) is 11.4 Å². The highest BCUT2D eigenvalue weighted by Gasteiger charge is 2.10. The first-order valence-corrected chi connectivity index (χ1v) is 8.15. The van der Waals surface area contributed by atoms with Crippen LogP contribution >= 0.6 is 34.2 Å². The van der Waals surface area contributed by atoms with Crippen molar-refractivity contribution in [1.29, 1.82) is 5.26 Å². The fourth-order valence-electron chi connectivity index (χ4n) is 1.72. The molecular weight excluding hydrogens is 425 g/mol. The van der Waals surface area contributed by atoms with Gasteiger partial charge in [0.1, 0.15) is 11.6 Å². The largest absolute Gasteiger partial charge is 0.360 e. The molecule has 2 aromatic rings. The maximum absolute atomic E-state index is 12.1. The van der Waals surface area contributed by atoms with Crippen LogP contribution in [0.25, 0.3) is 0 Å². The Labute approximate surface area is 153 Å². The molecule has 0 aliphatic rings. The summed E-state index contributed by atoms with van der Waals surface area (Å²) in [6, 6.07) is 14.7. The zero-order chi connectivity index (χ0) is 16.8. The Bertz CT molecular complexity index is 794. The SMILES string of the molecule is Cc1ccc(NC(=O)/C(C#N)=C\Nc2ccc(I)cc2)cc1Cl. The summed E-state index contributed by atoms with van der Waals surface area (Å²) in [7, 11) is 0. The standard InChI is InChI=1S/C17H13ClIN3O/c1-11-2-5-15(8-16(11)18)22-17(23)12(9-20)10-21-14-6-3-13(19)4-7-14/h2-8,10,21H,1H3,(H,22,23)/b12-10-. The van der Waals surface area contributed by atoms with Gasteiger partial charge in [-0.1, -0.05) is 17.7 Å². The highest BCUT2D eigenvalue weighted by atomic mass is 127. The number of nitriles is 1. The maximum atomic E-state index is 12.1. The van der Waals surface area contributed by atoms with Gasteiger partial charge in [0.15, 0.2) is 0 Å². The smallest absolute Gasteiger partial charge is 0.267 e. The zero-order valence-electron chi connectivity index (χ0n) is 12.2. The Hall–Kier alpha value is -2.04. The lowest BCUT2D eigenvalue weighted by Gasteiger charge is -2.07. The third kappa shape index (κ3) is 4.98. The van der Waals surface area contributed by atoms with Crippen molar-refractivity contribution < 1.29 is 4.79 Å². The highest BCUT2D eigenvalue weighted by Crippen LogP contribution is 2.20. The summed E-state index contributed by atoms with van der Waals surface area (Å²) in [5.74, 6) is -0.495. The Morgan fingerprint density at radius 3 is 2.48 bits per heavy atom. The number of aryl methyl sites for hydroxylation is 1. The molecule has 0 fully saturated rings. The van der Waals surface area contributed by atoms with Crippen LogP contribution in [-0.4, -0.2) is 5.91 Å². The van der Waals surface area contributed by atoms with Crippen LogP contribution in [0.3, 0.4) is 0 Å². The number of nitrogens with one attached hydrogen (secondary N) is 2. The predicted octanol–water partition coefficient (Wildman–Crippen LogP) is 4.71. The molecule has 0 bridgehead atoms. The second-order valence-electron chi connectivity index (χ2n) is 4.74. The monoisotopic (exact) mass is 437 g/mol. The number of rotatable bonds is 4. The van der Waals surface area contributed by atoms with Crippen LogP contribution in [0.1, 0.15) is 5.56 Å². The Kier molecular flexibility index (Phi) is 6.02. The summed E-state index contributed by atoms with van der Waals surface area (Å²) >= 11 is 8.22. The van der Waals surface area contributed by atoms with Crippen molar-refractivity contribution in [3.05, 3.63) is 68.4 Å². The molecule has 0 saturated carbocycles. The molecule has 2 N–H and O–H groups in total. The minimum atomic E-state index is -0.495. The van der Waals surface area contributed by atoms with Crippen LogP contribution in [0.15, 0.2) is 54.2 Å². The van der Waals surface area contributed by atoms with Crippen LogP contribution in [0.2, 0.25) is 5.02 Å². The number of halogens is 2. The number of nitrogens with zero attached hydrogens (tertiary/aromatic N) is 1. The molecule has 0 saturated heterocycles. The van der Waals surface area contributed by atoms with Gasteiger partial charge in [0.2, 0.25) is 0 Å². The van der Waals surface area contributed by atoms with Crippen molar-refractivity contribution >= 4 is 51.5 Å². The second-order valence-corrected chi connectivity index (χ2v) is 6.39. The summed E-state index contributed by atoms with van der Waals surface area (Å²) in [6.07, 6.45) is 1.38. The number of hydrogen-bond donors (Lipinski definition) is 2. The Morgan fingerprint density at radius 1 is 1.22 bits per heavy atom. The molecule has 0 aromatic heterocycles. The lowest BCUT2D eigenvalue weighted by molar-refractivity contribution is -0.112. The van der Waals surface area contributed by atoms with Gasteiger partial charge in [-0.2, -0.15) is 5.26 Å². The molecule has 116 valence electrons. The Balaban J connectivity index is 2.08. The third-order valence-corrected chi connectivity index (χ3v) is 4.15. The molecule has 0 unspecified atom stereocenters. The third-order valence-electron chi connectivity index (χ3n) is 3.02. The molecule has 2 aromatic carbocycles. The Morgan fingerprint density at radius 2 is 1.87 bits per heavy atom. The quantitative estimate of drug-likeness (QED) is 0.414. The average Bonchev–Trinajstić information content (AvgIpc) is 2.53. The minimum Gasteiger partial charge on any atom is -0.360 e. The number of amides is 1. The lowest BCUT2D eigenvalue weighted by atomic mass is 10.2. The van der Waals surface area contributed by atoms with E-state index in [1.165, 1.54) is 6.20 Å². The number of carbonyl (C=O) groups is 1. The zero-order valence-corrected chi connectivity index (χ0v) is 15.1. The molecule has 6 heteroatoms. The van der Waals surface area contributed by atoms with E-state index < -0.39 is 5.91 Å². The van der Waals surface area contributed by atoms with Crippen LogP contribution < -0.4 is 10.6 Å². The van der Waals surface area contributed by atoms with Gasteiger partial charge in [0.05, 0.1) is 0 Å². The molecular formula is C17H13ClIN3O. The van der Waals surface area contributed by atoms with E-state index in [1.54, 1.807) is 18.2 Å². The predicted molar refractivity (Wildman–Crippen MR) is 101 cm³/mol. The summed E-state index contributed by atoms with van der Waals surface area (Å²) in [5.41, 5.74) is 2.23. The van der Waals surface area contributed by atoms with Gasteiger partial charge in [-0.25, -0.2) is 0 Å². The van der Waals surface area contributed by atoms with Crippen molar-refractivity contribution in [2.24, 2.45) is 0 Å². The average molecular weight is 438 g/mol. The van der Waals surface area contributed by atoms with Gasteiger partial charge >= 0.3 is 0 Å². The normalized spacial score (nSPS) is 10.8. The molecule has 0 aliphatic heterocycles. The highest BCUT2D eigenvalue weighted by molar-refractivity contribution is 14.1. The van der Waals surface area contributed by atoms with Crippen molar-refractivity contribution in [3.8, 4) is 6.07 Å². The maximum Gasteiger partial charge on any atom is 0.267 e. The van der Waals surface area contributed by atoms with E-state index >= 15 is 0 Å². The summed E-state index contributed by atoms with van der Waals surface area (Å²) < 4.78 is 1.10. The fourth-order valence-corrected chi connectivity index (χ4v) is 2.26. The summed E-state index contributed by atoms with van der Waals surface area (Å²) in [6.45, 7) is 1.87. The number of benzene rings is 2. The van der Waals surface area contributed by atoms with Crippen LogP contribution in [0, 0.1) is 21.8 Å². The lowest BCUT2D eigenvalue weighted by Crippen LogP contribution is -2.14. The van der Waals surface area contributed by atoms with E-state index in [1.807, 2.05) is 37.3 Å². The van der Waals surface area contributed by atoms with E-state index in [4.69, 9.17) is 16.9 Å². The van der Waals surface area contributed by atoms with E-state index in [0.717, 1.165) is 14.8 Å². The van der Waals surface area contributed by atoms with Crippen molar-refractivity contribution in [2.45, 2.75) is 6.92 Å². The molecule has 0 atom stereocenters. The van der Waals surface area contributed by atoms with Gasteiger partial charge in [-0.15, -0.1) is 0 Å². The second kappa shape index (κ2) is 7.99. The van der Waals surface area contributed by atoms with Gasteiger partial charge in [-0.3, -0.25) is 4.79 Å². The number of carbonyl (C=O) groups excluding carboxylic acids is 1. The van der Waals surface area contributed by atoms with Crippen molar-refractivity contribution in [2.75, 3.05) is 10.6 Å². The van der Waals surface area contributed by atoms with Crippen LogP contribution in [0.5, 0.6) is 0 Å². The summed E-state index contributed by atoms with van der Waals surface area (Å²) in [5, 5.41) is 15.3. The van der Waals surface area contributed by atoms with E-state index in [9.17, 15) is 4.79 Å². The fraction of sp³-hybridized carbons (Fsp3) is 0.0588. The van der Waals surface area contributed by atoms with Gasteiger partial charge in [-0.05, 0) is 71.5 Å². The first kappa shape index (κ1) is 17.3. The number of anilines is 2. The first-order chi connectivity index (χ1) is 11.0. The van der Waals surface area contributed by atoms with E-state index in [2.05, 4.69) is 33.2 Å². The molecule has 0 aliphatic carbocycles. The molecule has 1 amide bonds. The van der Waals surface area contributed by atoms with Crippen molar-refractivity contribution in [3.63, 3.8) is 0 Å². The van der Waals surface area contributed by atoms with E-state index in [0.29, 0.717) is 10.7 Å². The topological polar surface area (TPSA) is 64.9 Å². The van der Waals surface area contributed by atoms with E-state index in [-0.39, 0.29) is 5.57 Å². The van der Waals surface area contributed by atoms with Crippen LogP contribution in [-0.2, 0) is 4.79 Å². The van der Waals surface area contributed by atoms with Gasteiger partial charge in [0.25, 0.3) is 5.91 Å². The van der Waals surface area contributed by atoms with Gasteiger partial charge in [0, 0.05) is 26.2 Å². The molecule has 0 radical (unpaired) electrons.